The van der Waals surface area contributed by atoms with Gasteiger partial charge in [-0.1, -0.05) is 6.07 Å². The van der Waals surface area contributed by atoms with Gasteiger partial charge in [-0.3, -0.25) is 4.57 Å². The molecule has 0 spiro atoms. The van der Waals surface area contributed by atoms with Gasteiger partial charge in [-0.15, -0.1) is 10.2 Å². The molecule has 5 heteroatoms. The molecule has 1 N–H and O–H groups in total. The van der Waals surface area contributed by atoms with Crippen LogP contribution in [-0.4, -0.2) is 33.5 Å². The van der Waals surface area contributed by atoms with Gasteiger partial charge in [0.2, 0.25) is 0 Å². The maximum Gasteiger partial charge on any atom is 0.123 e. The van der Waals surface area contributed by atoms with Crippen molar-refractivity contribution < 1.29 is 4.74 Å². The fraction of sp³-hybridized carbons (Fsp3) is 0.385. The molecule has 94 valence electrons. The molecule has 1 aromatic heterocycles. The number of anilines is 1. The monoisotopic (exact) mass is 244 g/mol. The second kappa shape index (κ2) is 4.78. The van der Waals surface area contributed by atoms with Gasteiger partial charge in [-0.05, 0) is 31.5 Å². The van der Waals surface area contributed by atoms with E-state index in [1.807, 2.05) is 16.7 Å². The SMILES string of the molecule is CC1OCCC1Nc1cccc(-n2cnnc2)c1. The van der Waals surface area contributed by atoms with Crippen LogP contribution in [0.25, 0.3) is 5.69 Å². The van der Waals surface area contributed by atoms with Crippen LogP contribution in [0.15, 0.2) is 36.9 Å². The number of hydrogen-bond acceptors (Lipinski definition) is 4. The standard InChI is InChI=1S/C13H16N4O/c1-10-13(5-6-18-10)16-11-3-2-4-12(7-11)17-8-14-15-9-17/h2-4,7-10,13,16H,5-6H2,1H3. The Hall–Kier alpha value is -1.88. The van der Waals surface area contributed by atoms with Crippen LogP contribution in [-0.2, 0) is 4.74 Å². The van der Waals surface area contributed by atoms with Crippen molar-refractivity contribution in [1.82, 2.24) is 14.8 Å². The Kier molecular flexibility index (Phi) is 2.98. The Morgan fingerprint density at radius 1 is 1.33 bits per heavy atom. The van der Waals surface area contributed by atoms with Crippen LogP contribution < -0.4 is 5.32 Å². The van der Waals surface area contributed by atoms with Crippen LogP contribution in [0.2, 0.25) is 0 Å². The van der Waals surface area contributed by atoms with E-state index in [9.17, 15) is 0 Å². The first kappa shape index (κ1) is 11.2. The number of hydrogen-bond donors (Lipinski definition) is 1. The molecule has 0 radical (unpaired) electrons. The fourth-order valence-corrected chi connectivity index (χ4v) is 2.23. The van der Waals surface area contributed by atoms with Crippen LogP contribution in [0.3, 0.4) is 0 Å². The minimum absolute atomic E-state index is 0.267. The Balaban J connectivity index is 1.79. The summed E-state index contributed by atoms with van der Waals surface area (Å²) in [6, 6.07) is 8.61. The van der Waals surface area contributed by atoms with E-state index in [1.54, 1.807) is 12.7 Å². The molecule has 5 nitrogen and oxygen atoms in total. The predicted octanol–water partition coefficient (Wildman–Crippen LogP) is 1.86. The van der Waals surface area contributed by atoms with Crippen molar-refractivity contribution in [1.29, 1.82) is 0 Å². The van der Waals surface area contributed by atoms with E-state index in [-0.39, 0.29) is 6.10 Å². The van der Waals surface area contributed by atoms with Crippen molar-refractivity contribution in [2.24, 2.45) is 0 Å². The lowest BCUT2D eigenvalue weighted by Gasteiger charge is -2.17. The molecule has 1 saturated heterocycles. The third-order valence-electron chi connectivity index (χ3n) is 3.29. The quantitative estimate of drug-likeness (QED) is 0.895. The normalized spacial score (nSPS) is 23.2. The molecule has 1 aliphatic heterocycles. The van der Waals surface area contributed by atoms with Crippen LogP contribution in [0, 0.1) is 0 Å². The highest BCUT2D eigenvalue weighted by Crippen LogP contribution is 2.20. The van der Waals surface area contributed by atoms with Crippen molar-refractivity contribution in [3.63, 3.8) is 0 Å². The van der Waals surface area contributed by atoms with E-state index in [4.69, 9.17) is 4.74 Å². The third-order valence-corrected chi connectivity index (χ3v) is 3.29. The molecule has 2 aromatic rings. The van der Waals surface area contributed by atoms with Crippen molar-refractivity contribution in [2.75, 3.05) is 11.9 Å². The maximum atomic E-state index is 5.55. The smallest absolute Gasteiger partial charge is 0.123 e. The van der Waals surface area contributed by atoms with E-state index in [0.717, 1.165) is 24.4 Å². The van der Waals surface area contributed by atoms with Crippen LogP contribution in [0.4, 0.5) is 5.69 Å². The van der Waals surface area contributed by atoms with E-state index >= 15 is 0 Å². The zero-order valence-electron chi connectivity index (χ0n) is 10.3. The minimum atomic E-state index is 0.267. The van der Waals surface area contributed by atoms with Gasteiger partial charge in [0.05, 0.1) is 17.8 Å². The van der Waals surface area contributed by atoms with Crippen LogP contribution >= 0.6 is 0 Å². The molecule has 1 aliphatic rings. The van der Waals surface area contributed by atoms with E-state index in [0.29, 0.717) is 6.04 Å². The van der Waals surface area contributed by atoms with Gasteiger partial charge >= 0.3 is 0 Å². The molecular formula is C13H16N4O. The average Bonchev–Trinajstić information content (AvgIpc) is 3.02. The van der Waals surface area contributed by atoms with Gasteiger partial charge in [-0.2, -0.15) is 0 Å². The average molecular weight is 244 g/mol. The largest absolute Gasteiger partial charge is 0.380 e. The second-order valence-electron chi connectivity index (χ2n) is 4.53. The Morgan fingerprint density at radius 2 is 2.17 bits per heavy atom. The lowest BCUT2D eigenvalue weighted by Crippen LogP contribution is -2.26. The minimum Gasteiger partial charge on any atom is -0.380 e. The highest BCUT2D eigenvalue weighted by Gasteiger charge is 2.23. The first-order valence-electron chi connectivity index (χ1n) is 6.16. The molecule has 3 rings (SSSR count). The van der Waals surface area contributed by atoms with Crippen molar-refractivity contribution in [3.8, 4) is 5.69 Å². The highest BCUT2D eigenvalue weighted by molar-refractivity contribution is 5.51. The molecule has 2 unspecified atom stereocenters. The lowest BCUT2D eigenvalue weighted by atomic mass is 10.1. The molecule has 0 bridgehead atoms. The van der Waals surface area contributed by atoms with Crippen molar-refractivity contribution >= 4 is 5.69 Å². The Morgan fingerprint density at radius 3 is 2.89 bits per heavy atom. The molecule has 18 heavy (non-hydrogen) atoms. The summed E-state index contributed by atoms with van der Waals surface area (Å²) in [5, 5.41) is 11.1. The number of rotatable bonds is 3. The number of aromatic nitrogens is 3. The van der Waals surface area contributed by atoms with Crippen LogP contribution in [0.5, 0.6) is 0 Å². The van der Waals surface area contributed by atoms with E-state index in [1.165, 1.54) is 0 Å². The summed E-state index contributed by atoms with van der Waals surface area (Å²) in [5.41, 5.74) is 2.15. The summed E-state index contributed by atoms with van der Waals surface area (Å²) in [5.74, 6) is 0. The van der Waals surface area contributed by atoms with E-state index < -0.39 is 0 Å². The second-order valence-corrected chi connectivity index (χ2v) is 4.53. The molecular weight excluding hydrogens is 228 g/mol. The highest BCUT2D eigenvalue weighted by atomic mass is 16.5. The Labute approximate surface area is 106 Å². The lowest BCUT2D eigenvalue weighted by molar-refractivity contribution is 0.121. The molecule has 2 atom stereocenters. The summed E-state index contributed by atoms with van der Waals surface area (Å²) < 4.78 is 7.44. The molecule has 1 aromatic carbocycles. The molecule has 0 aliphatic carbocycles. The fourth-order valence-electron chi connectivity index (χ4n) is 2.23. The number of benzene rings is 1. The van der Waals surface area contributed by atoms with E-state index in [2.05, 4.69) is 34.6 Å². The number of nitrogens with zero attached hydrogens (tertiary/aromatic N) is 3. The number of ether oxygens (including phenoxy) is 1. The summed E-state index contributed by atoms with van der Waals surface area (Å²) in [6.45, 7) is 2.94. The van der Waals surface area contributed by atoms with Crippen LogP contribution in [0.1, 0.15) is 13.3 Å². The molecule has 0 amide bonds. The summed E-state index contributed by atoms with van der Waals surface area (Å²) in [6.07, 6.45) is 4.71. The van der Waals surface area contributed by atoms with Gasteiger partial charge in [0, 0.05) is 12.3 Å². The summed E-state index contributed by atoms with van der Waals surface area (Å²) in [7, 11) is 0. The molecule has 1 fully saturated rings. The van der Waals surface area contributed by atoms with Gasteiger partial charge in [0.25, 0.3) is 0 Å². The van der Waals surface area contributed by atoms with Crippen molar-refractivity contribution in [2.45, 2.75) is 25.5 Å². The molecule has 0 saturated carbocycles. The van der Waals surface area contributed by atoms with Gasteiger partial charge < -0.3 is 10.1 Å². The van der Waals surface area contributed by atoms with Gasteiger partial charge in [0.1, 0.15) is 12.7 Å². The zero-order valence-corrected chi connectivity index (χ0v) is 10.3. The first-order valence-corrected chi connectivity index (χ1v) is 6.16. The zero-order chi connectivity index (χ0) is 12.4. The Bertz CT molecular complexity index is 511. The summed E-state index contributed by atoms with van der Waals surface area (Å²) >= 11 is 0. The third kappa shape index (κ3) is 2.22. The van der Waals surface area contributed by atoms with Gasteiger partial charge in [0.15, 0.2) is 0 Å². The van der Waals surface area contributed by atoms with Crippen molar-refractivity contribution in [3.05, 3.63) is 36.9 Å². The maximum absolute atomic E-state index is 5.55. The predicted molar refractivity (Wildman–Crippen MR) is 68.8 cm³/mol. The molecule has 2 heterocycles. The number of nitrogens with one attached hydrogen (secondary N) is 1. The van der Waals surface area contributed by atoms with Gasteiger partial charge in [-0.25, -0.2) is 0 Å². The summed E-state index contributed by atoms with van der Waals surface area (Å²) in [4.78, 5) is 0. The first-order chi connectivity index (χ1) is 8.83. The topological polar surface area (TPSA) is 52.0 Å².